The summed E-state index contributed by atoms with van der Waals surface area (Å²) in [6.45, 7) is 1.41. The summed E-state index contributed by atoms with van der Waals surface area (Å²) in [6, 6.07) is 26.5. The molecule has 4 nitrogen and oxygen atoms in total. The number of ether oxygens (including phenoxy) is 1. The van der Waals surface area contributed by atoms with Gasteiger partial charge in [-0.05, 0) is 47.9 Å². The smallest absolute Gasteiger partial charge is 0.240 e. The van der Waals surface area contributed by atoms with E-state index in [2.05, 4.69) is 41.7 Å². The van der Waals surface area contributed by atoms with Crippen molar-refractivity contribution in [2.24, 2.45) is 0 Å². The van der Waals surface area contributed by atoms with E-state index in [4.69, 9.17) is 4.74 Å². The number of amides is 1. The Morgan fingerprint density at radius 2 is 1.72 bits per heavy atom. The molecule has 0 saturated carbocycles. The molecule has 2 atom stereocenters. The molecular formula is C25H24N2O2. The van der Waals surface area contributed by atoms with E-state index in [-0.39, 0.29) is 11.9 Å². The first-order valence-corrected chi connectivity index (χ1v) is 10.1. The van der Waals surface area contributed by atoms with Gasteiger partial charge < -0.3 is 15.0 Å². The minimum Gasteiger partial charge on any atom is -0.497 e. The van der Waals surface area contributed by atoms with Crippen molar-refractivity contribution >= 4 is 11.6 Å². The summed E-state index contributed by atoms with van der Waals surface area (Å²) in [7, 11) is 1.67. The molecule has 0 unspecified atom stereocenters. The van der Waals surface area contributed by atoms with Gasteiger partial charge in [-0.3, -0.25) is 4.79 Å². The monoisotopic (exact) mass is 384 g/mol. The van der Waals surface area contributed by atoms with Crippen molar-refractivity contribution in [1.82, 2.24) is 5.32 Å². The van der Waals surface area contributed by atoms with E-state index in [9.17, 15) is 4.79 Å². The lowest BCUT2D eigenvalue weighted by Crippen LogP contribution is -2.43. The average Bonchev–Trinajstić information content (AvgIpc) is 3.32. The van der Waals surface area contributed by atoms with Crippen LogP contribution in [0.15, 0.2) is 78.9 Å². The zero-order chi connectivity index (χ0) is 19.8. The third-order valence-corrected chi connectivity index (χ3v) is 6.30. The second kappa shape index (κ2) is 7.05. The molecule has 0 radical (unpaired) electrons. The second-order valence-electron chi connectivity index (χ2n) is 7.78. The number of nitrogens with one attached hydrogen (secondary N) is 1. The molecule has 1 spiro atoms. The molecule has 29 heavy (non-hydrogen) atoms. The fourth-order valence-corrected chi connectivity index (χ4v) is 4.93. The summed E-state index contributed by atoms with van der Waals surface area (Å²) >= 11 is 0. The SMILES string of the molecule is COc1ccc([C@@H]2NCC[C@@]23C(=O)N(Cc2ccccc2)c2ccccc23)cc1. The lowest BCUT2D eigenvalue weighted by Gasteiger charge is -2.31. The first-order valence-electron chi connectivity index (χ1n) is 10.1. The van der Waals surface area contributed by atoms with Crippen molar-refractivity contribution in [3.8, 4) is 5.75 Å². The van der Waals surface area contributed by atoms with Gasteiger partial charge >= 0.3 is 0 Å². The molecule has 4 heteroatoms. The van der Waals surface area contributed by atoms with Crippen molar-refractivity contribution in [2.45, 2.75) is 24.4 Å². The van der Waals surface area contributed by atoms with Crippen LogP contribution >= 0.6 is 0 Å². The number of methoxy groups -OCH3 is 1. The summed E-state index contributed by atoms with van der Waals surface area (Å²) in [5.41, 5.74) is 3.85. The maximum Gasteiger partial charge on any atom is 0.240 e. The molecule has 1 N–H and O–H groups in total. The van der Waals surface area contributed by atoms with Crippen LogP contribution in [0.1, 0.15) is 29.2 Å². The van der Waals surface area contributed by atoms with Crippen LogP contribution in [-0.2, 0) is 16.8 Å². The Labute approximate surface area is 171 Å². The Bertz CT molecular complexity index is 1030. The minimum absolute atomic E-state index is 0.0529. The van der Waals surface area contributed by atoms with Crippen LogP contribution in [0, 0.1) is 0 Å². The number of hydrogen-bond donors (Lipinski definition) is 1. The highest BCUT2D eigenvalue weighted by Gasteiger charge is 2.57. The Morgan fingerprint density at radius 3 is 2.48 bits per heavy atom. The van der Waals surface area contributed by atoms with Gasteiger partial charge in [0.25, 0.3) is 0 Å². The largest absolute Gasteiger partial charge is 0.497 e. The van der Waals surface area contributed by atoms with Crippen molar-refractivity contribution in [2.75, 3.05) is 18.6 Å². The van der Waals surface area contributed by atoms with E-state index < -0.39 is 5.41 Å². The maximum absolute atomic E-state index is 14.0. The number of nitrogens with zero attached hydrogens (tertiary/aromatic N) is 1. The van der Waals surface area contributed by atoms with Gasteiger partial charge in [-0.1, -0.05) is 60.7 Å². The standard InChI is InChI=1S/C25H24N2O2/c1-29-20-13-11-19(12-14-20)23-25(15-16-26-23)21-9-5-6-10-22(21)27(24(25)28)17-18-7-3-2-4-8-18/h2-14,23,26H,15-17H2,1H3/t23-,25-/m0/s1. The number of hydrogen-bond acceptors (Lipinski definition) is 3. The Balaban J connectivity index is 1.59. The van der Waals surface area contributed by atoms with E-state index in [1.54, 1.807) is 7.11 Å². The fourth-order valence-electron chi connectivity index (χ4n) is 4.93. The number of benzene rings is 3. The van der Waals surface area contributed by atoms with Crippen molar-refractivity contribution in [3.63, 3.8) is 0 Å². The number of anilines is 1. The molecule has 1 saturated heterocycles. The molecule has 3 aromatic rings. The Hall–Kier alpha value is -3.11. The van der Waals surface area contributed by atoms with Crippen LogP contribution in [0.5, 0.6) is 5.75 Å². The minimum atomic E-state index is -0.569. The van der Waals surface area contributed by atoms with E-state index in [1.807, 2.05) is 47.4 Å². The van der Waals surface area contributed by atoms with Gasteiger partial charge in [-0.2, -0.15) is 0 Å². The maximum atomic E-state index is 14.0. The molecule has 0 bridgehead atoms. The molecular weight excluding hydrogens is 360 g/mol. The first-order chi connectivity index (χ1) is 14.2. The summed E-state index contributed by atoms with van der Waals surface area (Å²) in [4.78, 5) is 15.9. The molecule has 5 rings (SSSR count). The van der Waals surface area contributed by atoms with Crippen LogP contribution in [-0.4, -0.2) is 19.6 Å². The van der Waals surface area contributed by atoms with Gasteiger partial charge in [-0.15, -0.1) is 0 Å². The number of fused-ring (bicyclic) bond motifs is 2. The number of carbonyl (C=O) groups is 1. The quantitative estimate of drug-likeness (QED) is 0.732. The second-order valence-corrected chi connectivity index (χ2v) is 7.78. The van der Waals surface area contributed by atoms with Gasteiger partial charge in [0.2, 0.25) is 5.91 Å². The molecule has 1 fully saturated rings. The van der Waals surface area contributed by atoms with E-state index >= 15 is 0 Å². The summed E-state index contributed by atoms with van der Waals surface area (Å²) in [6.07, 6.45) is 0.796. The van der Waals surface area contributed by atoms with Gasteiger partial charge in [0, 0.05) is 5.69 Å². The number of rotatable bonds is 4. The number of para-hydroxylation sites is 1. The lowest BCUT2D eigenvalue weighted by molar-refractivity contribution is -0.123. The Morgan fingerprint density at radius 1 is 1.00 bits per heavy atom. The zero-order valence-electron chi connectivity index (χ0n) is 16.5. The van der Waals surface area contributed by atoms with Gasteiger partial charge in [0.05, 0.1) is 25.1 Å². The highest BCUT2D eigenvalue weighted by Crippen LogP contribution is 2.53. The molecule has 2 heterocycles. The van der Waals surface area contributed by atoms with Crippen LogP contribution < -0.4 is 15.0 Å². The average molecular weight is 384 g/mol. The topological polar surface area (TPSA) is 41.6 Å². The molecule has 2 aliphatic rings. The highest BCUT2D eigenvalue weighted by molar-refractivity contribution is 6.09. The van der Waals surface area contributed by atoms with E-state index in [0.29, 0.717) is 6.54 Å². The predicted molar refractivity (Wildman–Crippen MR) is 114 cm³/mol. The van der Waals surface area contributed by atoms with Crippen LogP contribution in [0.4, 0.5) is 5.69 Å². The normalized spacial score (nSPS) is 22.9. The van der Waals surface area contributed by atoms with E-state index in [0.717, 1.165) is 41.1 Å². The molecule has 2 aliphatic heterocycles. The predicted octanol–water partition coefficient (Wildman–Crippen LogP) is 4.21. The molecule has 1 amide bonds. The fraction of sp³-hybridized carbons (Fsp3) is 0.240. The van der Waals surface area contributed by atoms with Crippen LogP contribution in [0.3, 0.4) is 0 Å². The molecule has 146 valence electrons. The van der Waals surface area contributed by atoms with Crippen molar-refractivity contribution in [3.05, 3.63) is 95.6 Å². The van der Waals surface area contributed by atoms with Gasteiger partial charge in [0.15, 0.2) is 0 Å². The number of carbonyl (C=O) groups excluding carboxylic acids is 1. The summed E-state index contributed by atoms with van der Waals surface area (Å²) < 4.78 is 5.31. The first kappa shape index (κ1) is 18.0. The lowest BCUT2D eigenvalue weighted by atomic mass is 9.73. The van der Waals surface area contributed by atoms with Gasteiger partial charge in [0.1, 0.15) is 5.75 Å². The van der Waals surface area contributed by atoms with Crippen LogP contribution in [0.25, 0.3) is 0 Å². The summed E-state index contributed by atoms with van der Waals surface area (Å²) in [5, 5.41) is 3.61. The third-order valence-electron chi connectivity index (χ3n) is 6.30. The molecule has 3 aromatic carbocycles. The van der Waals surface area contributed by atoms with Gasteiger partial charge in [-0.25, -0.2) is 0 Å². The van der Waals surface area contributed by atoms with Crippen molar-refractivity contribution < 1.29 is 9.53 Å². The summed E-state index contributed by atoms with van der Waals surface area (Å²) in [5.74, 6) is 1.01. The third kappa shape index (κ3) is 2.75. The molecule has 0 aromatic heterocycles. The van der Waals surface area contributed by atoms with E-state index in [1.165, 1.54) is 0 Å². The zero-order valence-corrected chi connectivity index (χ0v) is 16.5. The highest BCUT2D eigenvalue weighted by atomic mass is 16.5. The van der Waals surface area contributed by atoms with Crippen LogP contribution in [0.2, 0.25) is 0 Å². The molecule has 0 aliphatic carbocycles. The van der Waals surface area contributed by atoms with Crippen molar-refractivity contribution in [1.29, 1.82) is 0 Å². The Kier molecular flexibility index (Phi) is 4.36.